The average Bonchev–Trinajstić information content (AvgIpc) is 2.93. The lowest BCUT2D eigenvalue weighted by molar-refractivity contribution is -0.182. The van der Waals surface area contributed by atoms with Crippen molar-refractivity contribution < 1.29 is 29.6 Å². The third-order valence-electron chi connectivity index (χ3n) is 4.32. The zero-order valence-electron chi connectivity index (χ0n) is 13.4. The molecule has 2 heterocycles. The highest BCUT2D eigenvalue weighted by Crippen LogP contribution is 2.46. The maximum Gasteiger partial charge on any atom is 0.225 e. The Morgan fingerprint density at radius 1 is 1.52 bits per heavy atom. The Morgan fingerprint density at radius 2 is 2.17 bits per heavy atom. The Labute approximate surface area is 133 Å². The fraction of sp³-hybridized carbons (Fsp3) is 0.667. The number of nitrogens with zero attached hydrogens (tertiary/aromatic N) is 2. The van der Waals surface area contributed by atoms with Gasteiger partial charge in [0.05, 0.1) is 12.3 Å². The minimum Gasteiger partial charge on any atom is -0.390 e. The van der Waals surface area contributed by atoms with E-state index in [1.165, 1.54) is 13.8 Å². The molecule has 8 heteroatoms. The fourth-order valence-corrected chi connectivity index (χ4v) is 2.39. The molecule has 2 rings (SSSR count). The number of hydrogen-bond acceptors (Lipinski definition) is 7. The number of aliphatic hydroxyl groups is 3. The van der Waals surface area contributed by atoms with Gasteiger partial charge in [0.1, 0.15) is 11.7 Å². The molecule has 0 saturated carbocycles. The SMILES string of the molecule is C[C@H](O)[C@](C)(O)[C@@]1(O)O[C@H]1CC(=O)C(=O)CCc1cnn(C)c1. The molecule has 0 aliphatic carbocycles. The summed E-state index contributed by atoms with van der Waals surface area (Å²) in [5.74, 6) is -3.25. The minimum atomic E-state index is -2.01. The van der Waals surface area contributed by atoms with E-state index in [-0.39, 0.29) is 12.8 Å². The van der Waals surface area contributed by atoms with Crippen LogP contribution in [0.4, 0.5) is 0 Å². The summed E-state index contributed by atoms with van der Waals surface area (Å²) in [6.07, 6.45) is 1.25. The molecule has 0 spiro atoms. The Bertz CT molecular complexity index is 609. The molecule has 0 bridgehead atoms. The predicted molar refractivity (Wildman–Crippen MR) is 78.3 cm³/mol. The van der Waals surface area contributed by atoms with Crippen LogP contribution in [0.3, 0.4) is 0 Å². The predicted octanol–water partition coefficient (Wildman–Crippen LogP) is -0.900. The van der Waals surface area contributed by atoms with Crippen molar-refractivity contribution in [1.82, 2.24) is 9.78 Å². The van der Waals surface area contributed by atoms with Crippen LogP contribution in [0.1, 0.15) is 32.3 Å². The Kier molecular flexibility index (Phi) is 4.72. The van der Waals surface area contributed by atoms with Crippen LogP contribution in [0.15, 0.2) is 12.4 Å². The number of aliphatic hydroxyl groups excluding tert-OH is 1. The van der Waals surface area contributed by atoms with Crippen molar-refractivity contribution in [3.8, 4) is 0 Å². The second-order valence-corrected chi connectivity index (χ2v) is 6.20. The summed E-state index contributed by atoms with van der Waals surface area (Å²) in [5, 5.41) is 33.6. The van der Waals surface area contributed by atoms with E-state index in [2.05, 4.69) is 5.10 Å². The molecule has 1 aliphatic rings. The van der Waals surface area contributed by atoms with Crippen molar-refractivity contribution >= 4 is 11.6 Å². The van der Waals surface area contributed by atoms with E-state index in [1.54, 1.807) is 24.1 Å². The topological polar surface area (TPSA) is 125 Å². The van der Waals surface area contributed by atoms with Gasteiger partial charge in [0.25, 0.3) is 0 Å². The van der Waals surface area contributed by atoms with E-state index in [9.17, 15) is 24.9 Å². The Balaban J connectivity index is 1.85. The van der Waals surface area contributed by atoms with E-state index in [0.29, 0.717) is 6.42 Å². The van der Waals surface area contributed by atoms with Gasteiger partial charge in [0, 0.05) is 26.1 Å². The zero-order valence-corrected chi connectivity index (χ0v) is 13.4. The lowest BCUT2D eigenvalue weighted by atomic mass is 9.89. The number of aromatic nitrogens is 2. The van der Waals surface area contributed by atoms with Gasteiger partial charge in [-0.05, 0) is 25.8 Å². The average molecular weight is 326 g/mol. The Hall–Kier alpha value is -1.61. The van der Waals surface area contributed by atoms with E-state index >= 15 is 0 Å². The summed E-state index contributed by atoms with van der Waals surface area (Å²) >= 11 is 0. The van der Waals surface area contributed by atoms with Crippen LogP contribution in [0, 0.1) is 0 Å². The third-order valence-corrected chi connectivity index (χ3v) is 4.32. The van der Waals surface area contributed by atoms with Crippen molar-refractivity contribution in [2.75, 3.05) is 0 Å². The molecule has 1 aromatic heterocycles. The van der Waals surface area contributed by atoms with Gasteiger partial charge in [-0.15, -0.1) is 0 Å². The maximum atomic E-state index is 11.9. The lowest BCUT2D eigenvalue weighted by Gasteiger charge is -2.29. The molecule has 1 saturated heterocycles. The number of Topliss-reactive ketones (excluding diaryl/α,β-unsaturated/α-hetero) is 2. The molecule has 0 amide bonds. The highest BCUT2D eigenvalue weighted by atomic mass is 16.8. The summed E-state index contributed by atoms with van der Waals surface area (Å²) in [4.78, 5) is 23.8. The van der Waals surface area contributed by atoms with E-state index < -0.39 is 35.2 Å². The smallest absolute Gasteiger partial charge is 0.225 e. The first-order valence-corrected chi connectivity index (χ1v) is 7.42. The van der Waals surface area contributed by atoms with E-state index in [0.717, 1.165) is 5.56 Å². The largest absolute Gasteiger partial charge is 0.390 e. The molecule has 0 unspecified atom stereocenters. The van der Waals surface area contributed by atoms with Gasteiger partial charge in [-0.3, -0.25) is 14.3 Å². The molecular weight excluding hydrogens is 304 g/mol. The van der Waals surface area contributed by atoms with Crippen LogP contribution in [0.5, 0.6) is 0 Å². The van der Waals surface area contributed by atoms with Crippen molar-refractivity contribution in [3.63, 3.8) is 0 Å². The minimum absolute atomic E-state index is 0.0441. The number of ether oxygens (including phenoxy) is 1. The molecule has 3 N–H and O–H groups in total. The van der Waals surface area contributed by atoms with Crippen molar-refractivity contribution in [3.05, 3.63) is 18.0 Å². The summed E-state index contributed by atoms with van der Waals surface area (Å²) in [6.45, 7) is 2.52. The first-order chi connectivity index (χ1) is 10.6. The standard InChI is InChI=1S/C15H22N2O6/c1-9(18)14(2,21)15(22)13(23-15)6-12(20)11(19)5-4-10-7-16-17(3)8-10/h7-9,13,18,21-22H,4-6H2,1-3H3/t9-,13-,14-,15-/m0/s1. The summed E-state index contributed by atoms with van der Waals surface area (Å²) in [6, 6.07) is 0. The Morgan fingerprint density at radius 3 is 2.70 bits per heavy atom. The van der Waals surface area contributed by atoms with Crippen LogP contribution < -0.4 is 0 Å². The van der Waals surface area contributed by atoms with E-state index in [1.807, 2.05) is 0 Å². The normalized spacial score (nSPS) is 27.3. The number of hydrogen-bond donors (Lipinski definition) is 3. The van der Waals surface area contributed by atoms with Gasteiger partial charge in [0.2, 0.25) is 11.6 Å². The van der Waals surface area contributed by atoms with Gasteiger partial charge in [0.15, 0.2) is 5.78 Å². The van der Waals surface area contributed by atoms with Crippen LogP contribution in [-0.4, -0.2) is 60.3 Å². The second kappa shape index (κ2) is 6.12. The maximum absolute atomic E-state index is 11.9. The number of carbonyl (C=O) groups excluding carboxylic acids is 2. The molecule has 4 atom stereocenters. The molecule has 0 aromatic carbocycles. The van der Waals surface area contributed by atoms with Crippen molar-refractivity contribution in [1.29, 1.82) is 0 Å². The number of rotatable bonds is 8. The zero-order chi connectivity index (χ0) is 17.4. The first kappa shape index (κ1) is 17.7. The third kappa shape index (κ3) is 3.50. The molecule has 23 heavy (non-hydrogen) atoms. The highest BCUT2D eigenvalue weighted by molar-refractivity contribution is 6.37. The molecule has 1 fully saturated rings. The highest BCUT2D eigenvalue weighted by Gasteiger charge is 2.68. The monoisotopic (exact) mass is 326 g/mol. The van der Waals surface area contributed by atoms with Crippen LogP contribution in [-0.2, 0) is 27.8 Å². The number of ketones is 2. The van der Waals surface area contributed by atoms with Crippen LogP contribution in [0.2, 0.25) is 0 Å². The van der Waals surface area contributed by atoms with Gasteiger partial charge in [-0.2, -0.15) is 5.10 Å². The molecule has 1 aliphatic heterocycles. The van der Waals surface area contributed by atoms with Gasteiger partial charge < -0.3 is 20.1 Å². The van der Waals surface area contributed by atoms with Gasteiger partial charge in [-0.1, -0.05) is 0 Å². The summed E-state index contributed by atoms with van der Waals surface area (Å²) < 4.78 is 6.59. The lowest BCUT2D eigenvalue weighted by Crippen LogP contribution is -2.52. The van der Waals surface area contributed by atoms with Gasteiger partial charge in [-0.25, -0.2) is 0 Å². The second-order valence-electron chi connectivity index (χ2n) is 6.20. The van der Waals surface area contributed by atoms with Crippen molar-refractivity contribution in [2.45, 2.75) is 56.7 Å². The molecule has 128 valence electrons. The number of carbonyl (C=O) groups is 2. The molecular formula is C15H22N2O6. The molecule has 1 aromatic rings. The van der Waals surface area contributed by atoms with Crippen LogP contribution in [0.25, 0.3) is 0 Å². The first-order valence-electron chi connectivity index (χ1n) is 7.42. The molecule has 8 nitrogen and oxygen atoms in total. The van der Waals surface area contributed by atoms with Crippen molar-refractivity contribution in [2.24, 2.45) is 7.05 Å². The quantitative estimate of drug-likeness (QED) is 0.417. The number of aryl methyl sites for hydroxylation is 2. The summed E-state index contributed by atoms with van der Waals surface area (Å²) in [7, 11) is 1.76. The number of epoxide rings is 1. The van der Waals surface area contributed by atoms with Crippen LogP contribution >= 0.6 is 0 Å². The molecule has 0 radical (unpaired) electrons. The fourth-order valence-electron chi connectivity index (χ4n) is 2.39. The summed E-state index contributed by atoms with van der Waals surface area (Å²) in [5.41, 5.74) is -1.07. The van der Waals surface area contributed by atoms with E-state index in [4.69, 9.17) is 4.74 Å². The van der Waals surface area contributed by atoms with Gasteiger partial charge >= 0.3 is 0 Å².